The fourth-order valence-electron chi connectivity index (χ4n) is 1.44. The van der Waals surface area contributed by atoms with Gasteiger partial charge in [-0.25, -0.2) is 0 Å². The van der Waals surface area contributed by atoms with Crippen molar-refractivity contribution < 1.29 is 14.4 Å². The number of nitrogens with two attached hydrogens (primary N) is 1. The third-order valence-electron chi connectivity index (χ3n) is 2.32. The van der Waals surface area contributed by atoms with Crippen molar-refractivity contribution in [2.45, 2.75) is 13.0 Å². The molecule has 1 rings (SSSR count). The molecule has 0 unspecified atom stereocenters. The van der Waals surface area contributed by atoms with Crippen molar-refractivity contribution in [3.8, 4) is 0 Å². The van der Waals surface area contributed by atoms with Crippen LogP contribution in [0.25, 0.3) is 0 Å². The second-order valence-corrected chi connectivity index (χ2v) is 3.65. The third kappa shape index (κ3) is 4.28. The summed E-state index contributed by atoms with van der Waals surface area (Å²) >= 11 is 0. The molecule has 0 heterocycles. The number of anilines is 1. The van der Waals surface area contributed by atoms with E-state index in [4.69, 9.17) is 15.3 Å². The van der Waals surface area contributed by atoms with Crippen molar-refractivity contribution in [2.75, 3.05) is 25.7 Å². The minimum Gasteiger partial charge on any atom is -0.385 e. The molecule has 7 heteroatoms. The Balaban J connectivity index is 2.56. The molecule has 0 amide bonds. The topological polar surface area (TPSA) is 99.7 Å². The molecule has 0 bridgehead atoms. The summed E-state index contributed by atoms with van der Waals surface area (Å²) in [4.78, 5) is 10.3. The molecule has 100 valence electrons. The van der Waals surface area contributed by atoms with Crippen molar-refractivity contribution >= 4 is 11.4 Å². The van der Waals surface area contributed by atoms with Crippen molar-refractivity contribution in [1.29, 1.82) is 0 Å². The van der Waals surface area contributed by atoms with Crippen molar-refractivity contribution in [3.05, 3.63) is 33.9 Å². The first-order chi connectivity index (χ1) is 8.69. The quantitative estimate of drug-likeness (QED) is 0.315. The largest absolute Gasteiger partial charge is 0.385 e. The number of hydrogen-bond donors (Lipinski definition) is 2. The molecule has 0 fully saturated rings. The van der Waals surface area contributed by atoms with E-state index in [1.165, 1.54) is 6.07 Å². The third-order valence-corrected chi connectivity index (χ3v) is 2.32. The van der Waals surface area contributed by atoms with Crippen LogP contribution < -0.4 is 11.3 Å². The van der Waals surface area contributed by atoms with Gasteiger partial charge >= 0.3 is 0 Å². The zero-order chi connectivity index (χ0) is 13.4. The maximum absolute atomic E-state index is 10.8. The number of ether oxygens (including phenoxy) is 2. The van der Waals surface area contributed by atoms with E-state index in [1.54, 1.807) is 19.2 Å². The first-order valence-corrected chi connectivity index (χ1v) is 5.49. The van der Waals surface area contributed by atoms with Gasteiger partial charge in [0.2, 0.25) is 0 Å². The van der Waals surface area contributed by atoms with E-state index in [1.807, 2.05) is 0 Å². The summed E-state index contributed by atoms with van der Waals surface area (Å²) in [7, 11) is 1.63. The predicted molar refractivity (Wildman–Crippen MR) is 67.1 cm³/mol. The van der Waals surface area contributed by atoms with Gasteiger partial charge in [-0.3, -0.25) is 16.0 Å². The Morgan fingerprint density at radius 2 is 2.22 bits per heavy atom. The average molecular weight is 255 g/mol. The Morgan fingerprint density at radius 3 is 2.83 bits per heavy atom. The van der Waals surface area contributed by atoms with Gasteiger partial charge in [0, 0.05) is 26.4 Å². The van der Waals surface area contributed by atoms with Crippen molar-refractivity contribution in [1.82, 2.24) is 0 Å². The molecule has 0 spiro atoms. The zero-order valence-corrected chi connectivity index (χ0v) is 10.2. The summed E-state index contributed by atoms with van der Waals surface area (Å²) in [5.74, 6) is 5.19. The molecule has 0 aliphatic rings. The van der Waals surface area contributed by atoms with Crippen LogP contribution >= 0.6 is 0 Å². The molecule has 1 aromatic rings. The molecule has 18 heavy (non-hydrogen) atoms. The minimum atomic E-state index is -0.483. The van der Waals surface area contributed by atoms with Gasteiger partial charge in [0.15, 0.2) is 0 Å². The van der Waals surface area contributed by atoms with Gasteiger partial charge < -0.3 is 14.9 Å². The molecule has 0 atom stereocenters. The first kappa shape index (κ1) is 14.4. The van der Waals surface area contributed by atoms with E-state index in [0.29, 0.717) is 19.8 Å². The average Bonchev–Trinajstić information content (AvgIpc) is 2.38. The fraction of sp³-hybridized carbons (Fsp3) is 0.455. The fourth-order valence-corrected chi connectivity index (χ4v) is 1.44. The van der Waals surface area contributed by atoms with E-state index < -0.39 is 4.92 Å². The van der Waals surface area contributed by atoms with Gasteiger partial charge in [0.25, 0.3) is 5.69 Å². The summed E-state index contributed by atoms with van der Waals surface area (Å²) in [5.41, 5.74) is 3.24. The normalized spacial score (nSPS) is 10.3. The van der Waals surface area contributed by atoms with Gasteiger partial charge in [0.1, 0.15) is 5.69 Å². The lowest BCUT2D eigenvalue weighted by Crippen LogP contribution is -2.09. The molecule has 0 aliphatic heterocycles. The number of methoxy groups -OCH3 is 1. The number of nitro groups is 1. The van der Waals surface area contributed by atoms with Crippen LogP contribution in [0.1, 0.15) is 12.0 Å². The number of hydrogen-bond acceptors (Lipinski definition) is 6. The summed E-state index contributed by atoms with van der Waals surface area (Å²) in [5, 5.41) is 10.8. The molecule has 3 N–H and O–H groups in total. The van der Waals surface area contributed by atoms with Gasteiger partial charge in [-0.05, 0) is 18.1 Å². The standard InChI is InChI=1S/C11H17N3O4/c1-17-5-2-6-18-8-9-3-4-10(13-12)11(7-9)14(15)16/h3-4,7,13H,2,5-6,8,12H2,1H3. The van der Waals surface area contributed by atoms with E-state index in [0.717, 1.165) is 12.0 Å². The molecule has 1 aromatic carbocycles. The lowest BCUT2D eigenvalue weighted by molar-refractivity contribution is -0.384. The Bertz CT molecular complexity index is 398. The molecule has 0 aromatic heterocycles. The van der Waals surface area contributed by atoms with Crippen LogP contribution in [0.2, 0.25) is 0 Å². The second kappa shape index (κ2) is 7.59. The van der Waals surface area contributed by atoms with Gasteiger partial charge in [-0.1, -0.05) is 6.07 Å². The predicted octanol–water partition coefficient (Wildman–Crippen LogP) is 1.43. The van der Waals surface area contributed by atoms with Crippen LogP contribution in [0.15, 0.2) is 18.2 Å². The molecule has 0 saturated heterocycles. The number of nitrogens with one attached hydrogen (secondary N) is 1. The number of nitrogens with zero attached hydrogens (tertiary/aromatic N) is 1. The minimum absolute atomic E-state index is 0.0597. The smallest absolute Gasteiger partial charge is 0.294 e. The Morgan fingerprint density at radius 1 is 1.44 bits per heavy atom. The molecular weight excluding hydrogens is 238 g/mol. The number of benzene rings is 1. The highest BCUT2D eigenvalue weighted by Gasteiger charge is 2.13. The van der Waals surface area contributed by atoms with Gasteiger partial charge in [0.05, 0.1) is 11.5 Å². The molecule has 0 radical (unpaired) electrons. The highest BCUT2D eigenvalue weighted by Crippen LogP contribution is 2.24. The van der Waals surface area contributed by atoms with Crippen molar-refractivity contribution in [3.63, 3.8) is 0 Å². The highest BCUT2D eigenvalue weighted by atomic mass is 16.6. The van der Waals surface area contributed by atoms with Crippen LogP contribution in [0.5, 0.6) is 0 Å². The Hall–Kier alpha value is -1.70. The Kier molecular flexibility index (Phi) is 6.06. The molecule has 0 saturated carbocycles. The van der Waals surface area contributed by atoms with Crippen LogP contribution in [0, 0.1) is 10.1 Å². The van der Waals surface area contributed by atoms with E-state index >= 15 is 0 Å². The maximum atomic E-state index is 10.8. The molecular formula is C11H17N3O4. The lowest BCUT2D eigenvalue weighted by atomic mass is 10.2. The summed E-state index contributed by atoms with van der Waals surface area (Å²) in [6.07, 6.45) is 0.793. The number of rotatable bonds is 8. The van der Waals surface area contributed by atoms with Crippen LogP contribution in [0.3, 0.4) is 0 Å². The van der Waals surface area contributed by atoms with Crippen molar-refractivity contribution in [2.24, 2.45) is 5.84 Å². The first-order valence-electron chi connectivity index (χ1n) is 5.49. The van der Waals surface area contributed by atoms with Gasteiger partial charge in [-0.2, -0.15) is 0 Å². The SMILES string of the molecule is COCCCOCc1ccc(NN)c([N+](=O)[O-])c1. The van der Waals surface area contributed by atoms with E-state index in [-0.39, 0.29) is 11.4 Å². The molecule has 7 nitrogen and oxygen atoms in total. The van der Waals surface area contributed by atoms with Crippen LogP contribution in [0.4, 0.5) is 11.4 Å². The monoisotopic (exact) mass is 255 g/mol. The van der Waals surface area contributed by atoms with Gasteiger partial charge in [-0.15, -0.1) is 0 Å². The zero-order valence-electron chi connectivity index (χ0n) is 10.2. The lowest BCUT2D eigenvalue weighted by Gasteiger charge is -2.06. The number of nitrogen functional groups attached to an aromatic ring is 1. The van der Waals surface area contributed by atoms with E-state index in [2.05, 4.69) is 5.43 Å². The molecule has 0 aliphatic carbocycles. The summed E-state index contributed by atoms with van der Waals surface area (Å²) in [6.45, 7) is 1.52. The number of hydrazine groups is 1. The highest BCUT2D eigenvalue weighted by molar-refractivity contribution is 5.61. The maximum Gasteiger partial charge on any atom is 0.294 e. The Labute approximate surface area is 105 Å². The second-order valence-electron chi connectivity index (χ2n) is 3.65. The summed E-state index contributed by atoms with van der Waals surface area (Å²) < 4.78 is 10.3. The van der Waals surface area contributed by atoms with Crippen LogP contribution in [-0.4, -0.2) is 25.2 Å². The van der Waals surface area contributed by atoms with E-state index in [9.17, 15) is 10.1 Å². The van der Waals surface area contributed by atoms with Crippen LogP contribution in [-0.2, 0) is 16.1 Å². The number of nitro benzene ring substituents is 1. The summed E-state index contributed by atoms with van der Waals surface area (Å²) in [6, 6.07) is 4.75.